The fraction of sp³-hybridized carbons (Fsp3) is 0.250. The SMILES string of the molecule is CS(=O)(=O)NCCc1nc(-c2ccc(O)cc2)cs1. The molecule has 0 radical (unpaired) electrons. The number of thiazole rings is 1. The van der Waals surface area contributed by atoms with Crippen molar-refractivity contribution in [1.29, 1.82) is 0 Å². The third-order valence-corrected chi connectivity index (χ3v) is 4.06. The number of hydrogen-bond donors (Lipinski definition) is 2. The van der Waals surface area contributed by atoms with Crippen molar-refractivity contribution in [2.75, 3.05) is 12.8 Å². The van der Waals surface area contributed by atoms with Gasteiger partial charge < -0.3 is 5.11 Å². The van der Waals surface area contributed by atoms with Crippen LogP contribution in [-0.4, -0.2) is 31.3 Å². The fourth-order valence-corrected chi connectivity index (χ4v) is 2.81. The quantitative estimate of drug-likeness (QED) is 0.879. The Morgan fingerprint density at radius 3 is 2.63 bits per heavy atom. The lowest BCUT2D eigenvalue weighted by atomic mass is 10.2. The molecule has 0 atom stereocenters. The first-order valence-corrected chi connectivity index (χ1v) is 8.39. The number of rotatable bonds is 5. The molecule has 7 heteroatoms. The highest BCUT2D eigenvalue weighted by Crippen LogP contribution is 2.23. The molecule has 1 aromatic carbocycles. The fourth-order valence-electron chi connectivity index (χ4n) is 1.53. The molecule has 0 bridgehead atoms. The number of phenolic OH excluding ortho intramolecular Hbond substituents is 1. The molecule has 0 aliphatic carbocycles. The van der Waals surface area contributed by atoms with E-state index in [-0.39, 0.29) is 5.75 Å². The monoisotopic (exact) mass is 298 g/mol. The molecule has 2 aromatic rings. The van der Waals surface area contributed by atoms with Crippen LogP contribution in [0.3, 0.4) is 0 Å². The van der Waals surface area contributed by atoms with Gasteiger partial charge in [0.2, 0.25) is 10.0 Å². The van der Waals surface area contributed by atoms with E-state index in [4.69, 9.17) is 0 Å². The van der Waals surface area contributed by atoms with E-state index in [1.165, 1.54) is 11.3 Å². The van der Waals surface area contributed by atoms with Crippen LogP contribution in [-0.2, 0) is 16.4 Å². The van der Waals surface area contributed by atoms with Gasteiger partial charge in [-0.25, -0.2) is 18.1 Å². The standard InChI is InChI=1S/C12H14N2O3S2/c1-19(16,17)13-7-6-12-14-11(8-18-12)9-2-4-10(15)5-3-9/h2-5,8,13,15H,6-7H2,1H3. The van der Waals surface area contributed by atoms with Crippen molar-refractivity contribution in [3.8, 4) is 17.0 Å². The van der Waals surface area contributed by atoms with Gasteiger partial charge in [0, 0.05) is 23.9 Å². The largest absolute Gasteiger partial charge is 0.508 e. The third-order valence-electron chi connectivity index (χ3n) is 2.42. The minimum absolute atomic E-state index is 0.219. The Bertz CT molecular complexity index is 648. The smallest absolute Gasteiger partial charge is 0.208 e. The Morgan fingerprint density at radius 1 is 1.32 bits per heavy atom. The van der Waals surface area contributed by atoms with E-state index >= 15 is 0 Å². The maximum atomic E-state index is 10.9. The molecule has 0 aliphatic heterocycles. The van der Waals surface area contributed by atoms with E-state index in [1.807, 2.05) is 5.38 Å². The van der Waals surface area contributed by atoms with Gasteiger partial charge in [-0.3, -0.25) is 0 Å². The molecule has 5 nitrogen and oxygen atoms in total. The number of nitrogens with one attached hydrogen (secondary N) is 1. The zero-order chi connectivity index (χ0) is 13.9. The first kappa shape index (κ1) is 14.0. The van der Waals surface area contributed by atoms with Gasteiger partial charge in [-0.1, -0.05) is 0 Å². The summed E-state index contributed by atoms with van der Waals surface area (Å²) in [5.41, 5.74) is 1.76. The number of phenols is 1. The van der Waals surface area contributed by atoms with Gasteiger partial charge in [0.15, 0.2) is 0 Å². The lowest BCUT2D eigenvalue weighted by molar-refractivity contribution is 0.475. The molecule has 2 N–H and O–H groups in total. The van der Waals surface area contributed by atoms with Gasteiger partial charge in [0.1, 0.15) is 5.75 Å². The van der Waals surface area contributed by atoms with Crippen molar-refractivity contribution in [1.82, 2.24) is 9.71 Å². The topological polar surface area (TPSA) is 79.3 Å². The summed E-state index contributed by atoms with van der Waals surface area (Å²) in [7, 11) is -3.15. The van der Waals surface area contributed by atoms with Crippen LogP contribution in [0.25, 0.3) is 11.3 Å². The maximum absolute atomic E-state index is 10.9. The van der Waals surface area contributed by atoms with Crippen molar-refractivity contribution >= 4 is 21.4 Å². The number of aromatic nitrogens is 1. The minimum atomic E-state index is -3.15. The Morgan fingerprint density at radius 2 is 2.00 bits per heavy atom. The highest BCUT2D eigenvalue weighted by molar-refractivity contribution is 7.88. The van der Waals surface area contributed by atoms with E-state index in [9.17, 15) is 13.5 Å². The van der Waals surface area contributed by atoms with Crippen LogP contribution in [0.2, 0.25) is 0 Å². The van der Waals surface area contributed by atoms with Crippen LogP contribution in [0.15, 0.2) is 29.6 Å². The van der Waals surface area contributed by atoms with Crippen molar-refractivity contribution in [2.45, 2.75) is 6.42 Å². The van der Waals surface area contributed by atoms with Gasteiger partial charge in [0.25, 0.3) is 0 Å². The summed E-state index contributed by atoms with van der Waals surface area (Å²) in [5, 5.41) is 12.0. The highest BCUT2D eigenvalue weighted by atomic mass is 32.2. The summed E-state index contributed by atoms with van der Waals surface area (Å²) in [6.45, 7) is 0.349. The van der Waals surface area contributed by atoms with Crippen LogP contribution in [0, 0.1) is 0 Å². The predicted octanol–water partition coefficient (Wildman–Crippen LogP) is 1.61. The molecule has 0 saturated carbocycles. The summed E-state index contributed by atoms with van der Waals surface area (Å²) >= 11 is 1.49. The maximum Gasteiger partial charge on any atom is 0.208 e. The van der Waals surface area contributed by atoms with Gasteiger partial charge in [-0.15, -0.1) is 11.3 Å². The number of aromatic hydroxyl groups is 1. The molecular weight excluding hydrogens is 284 g/mol. The van der Waals surface area contributed by atoms with E-state index in [0.29, 0.717) is 13.0 Å². The number of hydrogen-bond acceptors (Lipinski definition) is 5. The average Bonchev–Trinajstić information content (AvgIpc) is 2.77. The molecule has 1 aromatic heterocycles. The van der Waals surface area contributed by atoms with E-state index in [2.05, 4.69) is 9.71 Å². The Balaban J connectivity index is 2.01. The van der Waals surface area contributed by atoms with Gasteiger partial charge >= 0.3 is 0 Å². The van der Waals surface area contributed by atoms with Crippen molar-refractivity contribution in [3.63, 3.8) is 0 Å². The summed E-state index contributed by atoms with van der Waals surface area (Å²) in [6, 6.07) is 6.81. The predicted molar refractivity (Wildman–Crippen MR) is 75.8 cm³/mol. The van der Waals surface area contributed by atoms with Crippen LogP contribution in [0.1, 0.15) is 5.01 Å². The number of nitrogens with zero attached hydrogens (tertiary/aromatic N) is 1. The molecular formula is C12H14N2O3S2. The molecule has 0 saturated heterocycles. The molecule has 0 unspecified atom stereocenters. The molecule has 1 heterocycles. The van der Waals surface area contributed by atoms with Crippen LogP contribution in [0.4, 0.5) is 0 Å². The Labute approximate surface area is 116 Å². The molecule has 102 valence electrons. The van der Waals surface area contributed by atoms with Crippen molar-refractivity contribution in [2.24, 2.45) is 0 Å². The van der Waals surface area contributed by atoms with Gasteiger partial charge in [-0.05, 0) is 24.3 Å². The van der Waals surface area contributed by atoms with Crippen LogP contribution in [0.5, 0.6) is 5.75 Å². The first-order chi connectivity index (χ1) is 8.94. The lowest BCUT2D eigenvalue weighted by Gasteiger charge is -1.99. The minimum Gasteiger partial charge on any atom is -0.508 e. The van der Waals surface area contributed by atoms with Crippen molar-refractivity contribution in [3.05, 3.63) is 34.7 Å². The van der Waals surface area contributed by atoms with E-state index in [1.54, 1.807) is 24.3 Å². The Kier molecular flexibility index (Phi) is 4.18. The third kappa shape index (κ3) is 4.30. The molecule has 2 rings (SSSR count). The van der Waals surface area contributed by atoms with Crippen molar-refractivity contribution < 1.29 is 13.5 Å². The van der Waals surface area contributed by atoms with Crippen LogP contribution >= 0.6 is 11.3 Å². The first-order valence-electron chi connectivity index (χ1n) is 5.62. The Hall–Kier alpha value is -1.44. The molecule has 0 fully saturated rings. The lowest BCUT2D eigenvalue weighted by Crippen LogP contribution is -2.24. The van der Waals surface area contributed by atoms with E-state index in [0.717, 1.165) is 22.5 Å². The molecule has 19 heavy (non-hydrogen) atoms. The zero-order valence-electron chi connectivity index (χ0n) is 10.3. The highest BCUT2D eigenvalue weighted by Gasteiger charge is 2.06. The second-order valence-electron chi connectivity index (χ2n) is 4.09. The normalized spacial score (nSPS) is 11.6. The number of sulfonamides is 1. The second-order valence-corrected chi connectivity index (χ2v) is 6.87. The van der Waals surface area contributed by atoms with Gasteiger partial charge in [0.05, 0.1) is 17.0 Å². The number of benzene rings is 1. The van der Waals surface area contributed by atoms with Gasteiger partial charge in [-0.2, -0.15) is 0 Å². The average molecular weight is 298 g/mol. The summed E-state index contributed by atoms with van der Waals surface area (Å²) < 4.78 is 24.3. The summed E-state index contributed by atoms with van der Waals surface area (Å²) in [6.07, 6.45) is 1.70. The summed E-state index contributed by atoms with van der Waals surface area (Å²) in [4.78, 5) is 4.43. The molecule has 0 spiro atoms. The van der Waals surface area contributed by atoms with E-state index < -0.39 is 10.0 Å². The summed E-state index contributed by atoms with van der Waals surface area (Å²) in [5.74, 6) is 0.219. The second kappa shape index (κ2) is 5.68. The zero-order valence-corrected chi connectivity index (χ0v) is 12.0. The van der Waals surface area contributed by atoms with Crippen LogP contribution < -0.4 is 4.72 Å². The molecule has 0 aliphatic rings. The molecule has 0 amide bonds.